The molecule has 0 aromatic heterocycles. The minimum Gasteiger partial charge on any atom is -0.462 e. The van der Waals surface area contributed by atoms with E-state index < -0.39 is 6.10 Å². The minimum absolute atomic E-state index is 0.113. The van der Waals surface area contributed by atoms with Crippen LogP contribution < -0.4 is 0 Å². The van der Waals surface area contributed by atoms with Gasteiger partial charge in [-0.05, 0) is 77.0 Å². The maximum Gasteiger partial charge on any atom is 0.306 e. The molecule has 0 bridgehead atoms. The third-order valence-electron chi connectivity index (χ3n) is 9.62. The van der Waals surface area contributed by atoms with Crippen molar-refractivity contribution in [3.05, 3.63) is 109 Å². The fraction of sp³-hybridized carbons (Fsp3) is 0.611. The first kappa shape index (κ1) is 56.1. The summed E-state index contributed by atoms with van der Waals surface area (Å²) in [6.45, 7) is 6.27. The van der Waals surface area contributed by atoms with Crippen molar-refractivity contribution >= 4 is 17.9 Å². The molecular formula is C54H86O6. The van der Waals surface area contributed by atoms with E-state index in [4.69, 9.17) is 14.2 Å². The summed E-state index contributed by atoms with van der Waals surface area (Å²) in [5, 5.41) is 0. The molecule has 0 aliphatic carbocycles. The highest BCUT2D eigenvalue weighted by Gasteiger charge is 2.19. The second-order valence-corrected chi connectivity index (χ2v) is 15.4. The second-order valence-electron chi connectivity index (χ2n) is 15.4. The summed E-state index contributed by atoms with van der Waals surface area (Å²) in [7, 11) is 0. The molecule has 0 aromatic rings. The van der Waals surface area contributed by atoms with E-state index in [0.717, 1.165) is 83.5 Å². The Morgan fingerprint density at radius 3 is 1.27 bits per heavy atom. The monoisotopic (exact) mass is 831 g/mol. The zero-order chi connectivity index (χ0) is 43.7. The SMILES string of the molecule is CC\C=C/C=C\C=C/C=C\CCCCCC(=O)OC(COC(=O)CCC/C=C\C/C=C\C/C=C\C/C=C\C/C=C\CC)COC(=O)CCCCCCCCCCCCCC. The van der Waals surface area contributed by atoms with Crippen LogP contribution in [0.15, 0.2) is 109 Å². The molecule has 60 heavy (non-hydrogen) atoms. The number of hydrogen-bond donors (Lipinski definition) is 0. The number of carbonyl (C=O) groups excluding carboxylic acids is 3. The largest absolute Gasteiger partial charge is 0.462 e. The van der Waals surface area contributed by atoms with Crippen molar-refractivity contribution in [2.75, 3.05) is 13.2 Å². The first-order valence-electron chi connectivity index (χ1n) is 23.9. The van der Waals surface area contributed by atoms with E-state index >= 15 is 0 Å². The Labute approximate surface area is 368 Å². The Kier molecular flexibility index (Phi) is 44.6. The molecule has 0 aromatic carbocycles. The van der Waals surface area contributed by atoms with Gasteiger partial charge in [-0.15, -0.1) is 0 Å². The van der Waals surface area contributed by atoms with Crippen LogP contribution in [0.1, 0.15) is 194 Å². The highest BCUT2D eigenvalue weighted by atomic mass is 16.6. The molecule has 338 valence electrons. The summed E-state index contributed by atoms with van der Waals surface area (Å²) in [5.74, 6) is -1.02. The molecule has 0 saturated carbocycles. The van der Waals surface area contributed by atoms with Gasteiger partial charge in [0.1, 0.15) is 13.2 Å². The van der Waals surface area contributed by atoms with E-state index in [-0.39, 0.29) is 44.0 Å². The zero-order valence-corrected chi connectivity index (χ0v) is 38.4. The standard InChI is InChI=1S/C54H86O6/c1-4-7-10-13-16-19-22-25-26-27-28-30-32-35-38-41-44-47-53(56)59-50-51(49-58-52(55)46-43-40-37-34-31-24-21-18-15-12-9-6-3)60-54(57)48-45-42-39-36-33-29-23-20-17-14-11-8-5-2/h7-8,10-11,14,16-17,19-20,23,25-26,28-30,33,35,38,51H,4-6,9,12-13,15,18,21-22,24,27,31-32,34,36-37,39-50H2,1-3H3/b10-7-,11-8-,17-14-,19-16-,23-20-,26-25-,30-28-,33-29-,38-35-. The lowest BCUT2D eigenvalue weighted by Crippen LogP contribution is -2.30. The molecule has 6 nitrogen and oxygen atoms in total. The number of hydrogen-bond acceptors (Lipinski definition) is 6. The molecule has 6 heteroatoms. The van der Waals surface area contributed by atoms with Gasteiger partial charge in [0.15, 0.2) is 6.10 Å². The van der Waals surface area contributed by atoms with Gasteiger partial charge < -0.3 is 14.2 Å². The normalized spacial score (nSPS) is 13.1. The number of rotatable bonds is 41. The first-order valence-corrected chi connectivity index (χ1v) is 23.9. The van der Waals surface area contributed by atoms with E-state index in [1.165, 1.54) is 57.8 Å². The van der Waals surface area contributed by atoms with Crippen LogP contribution >= 0.6 is 0 Å². The van der Waals surface area contributed by atoms with Gasteiger partial charge in [0, 0.05) is 19.3 Å². The van der Waals surface area contributed by atoms with Gasteiger partial charge in [-0.3, -0.25) is 14.4 Å². The molecule has 1 unspecified atom stereocenters. The summed E-state index contributed by atoms with van der Waals surface area (Å²) in [6, 6.07) is 0. The Morgan fingerprint density at radius 2 is 0.750 bits per heavy atom. The van der Waals surface area contributed by atoms with Crippen molar-refractivity contribution in [1.82, 2.24) is 0 Å². The summed E-state index contributed by atoms with van der Waals surface area (Å²) in [4.78, 5) is 37.8. The van der Waals surface area contributed by atoms with Crippen LogP contribution in [0.5, 0.6) is 0 Å². The molecule has 0 aliphatic heterocycles. The number of unbranched alkanes of at least 4 members (excludes halogenated alkanes) is 15. The number of carbonyl (C=O) groups is 3. The van der Waals surface area contributed by atoms with E-state index in [1.54, 1.807) is 0 Å². The molecule has 0 fully saturated rings. The lowest BCUT2D eigenvalue weighted by molar-refractivity contribution is -0.167. The van der Waals surface area contributed by atoms with Crippen LogP contribution in [-0.2, 0) is 28.6 Å². The van der Waals surface area contributed by atoms with Crippen molar-refractivity contribution in [3.8, 4) is 0 Å². The lowest BCUT2D eigenvalue weighted by Gasteiger charge is -2.18. The molecular weight excluding hydrogens is 745 g/mol. The average Bonchev–Trinajstić information content (AvgIpc) is 3.24. The highest BCUT2D eigenvalue weighted by molar-refractivity contribution is 5.71. The molecule has 0 rings (SSSR count). The molecule has 0 aliphatic rings. The van der Waals surface area contributed by atoms with Crippen LogP contribution in [0.3, 0.4) is 0 Å². The Morgan fingerprint density at radius 1 is 0.367 bits per heavy atom. The Hall–Kier alpha value is -3.93. The van der Waals surface area contributed by atoms with E-state index in [1.807, 2.05) is 36.5 Å². The van der Waals surface area contributed by atoms with Crippen LogP contribution in [0.4, 0.5) is 0 Å². The van der Waals surface area contributed by atoms with E-state index in [2.05, 4.69) is 93.7 Å². The number of ether oxygens (including phenoxy) is 3. The van der Waals surface area contributed by atoms with E-state index in [0.29, 0.717) is 19.3 Å². The summed E-state index contributed by atoms with van der Waals surface area (Å²) in [6.07, 6.45) is 63.6. The molecule has 0 spiro atoms. The maximum absolute atomic E-state index is 12.7. The smallest absolute Gasteiger partial charge is 0.306 e. The van der Waals surface area contributed by atoms with Gasteiger partial charge in [-0.2, -0.15) is 0 Å². The Bertz CT molecular complexity index is 1280. The minimum atomic E-state index is -0.820. The lowest BCUT2D eigenvalue weighted by atomic mass is 10.0. The fourth-order valence-electron chi connectivity index (χ4n) is 6.07. The van der Waals surface area contributed by atoms with Gasteiger partial charge >= 0.3 is 17.9 Å². The predicted molar refractivity (Wildman–Crippen MR) is 256 cm³/mol. The van der Waals surface area contributed by atoms with Gasteiger partial charge in [0.25, 0.3) is 0 Å². The van der Waals surface area contributed by atoms with Crippen molar-refractivity contribution in [2.24, 2.45) is 0 Å². The third-order valence-corrected chi connectivity index (χ3v) is 9.62. The molecule has 0 saturated heterocycles. The summed E-state index contributed by atoms with van der Waals surface area (Å²) >= 11 is 0. The average molecular weight is 831 g/mol. The van der Waals surface area contributed by atoms with Crippen LogP contribution in [0.25, 0.3) is 0 Å². The van der Waals surface area contributed by atoms with Gasteiger partial charge in [0.05, 0.1) is 0 Å². The molecule has 0 N–H and O–H groups in total. The maximum atomic E-state index is 12.7. The van der Waals surface area contributed by atoms with Gasteiger partial charge in [0.2, 0.25) is 0 Å². The van der Waals surface area contributed by atoms with Crippen LogP contribution in [0.2, 0.25) is 0 Å². The molecule has 1 atom stereocenters. The van der Waals surface area contributed by atoms with Gasteiger partial charge in [-0.1, -0.05) is 207 Å². The van der Waals surface area contributed by atoms with Crippen molar-refractivity contribution in [3.63, 3.8) is 0 Å². The van der Waals surface area contributed by atoms with Crippen LogP contribution in [0, 0.1) is 0 Å². The Balaban J connectivity index is 4.55. The fourth-order valence-corrected chi connectivity index (χ4v) is 6.07. The van der Waals surface area contributed by atoms with Crippen LogP contribution in [-0.4, -0.2) is 37.2 Å². The molecule has 0 heterocycles. The van der Waals surface area contributed by atoms with Gasteiger partial charge in [-0.25, -0.2) is 0 Å². The van der Waals surface area contributed by atoms with Crippen molar-refractivity contribution in [2.45, 2.75) is 200 Å². The summed E-state index contributed by atoms with van der Waals surface area (Å²) < 4.78 is 16.7. The third kappa shape index (κ3) is 45.2. The van der Waals surface area contributed by atoms with Crippen molar-refractivity contribution < 1.29 is 28.6 Å². The highest BCUT2D eigenvalue weighted by Crippen LogP contribution is 2.13. The van der Waals surface area contributed by atoms with Crippen molar-refractivity contribution in [1.29, 1.82) is 0 Å². The van der Waals surface area contributed by atoms with E-state index in [9.17, 15) is 14.4 Å². The molecule has 0 amide bonds. The number of allylic oxidation sites excluding steroid dienone is 18. The number of esters is 3. The quantitative estimate of drug-likeness (QED) is 0.0201. The molecule has 0 radical (unpaired) electrons. The summed E-state index contributed by atoms with van der Waals surface area (Å²) in [5.41, 5.74) is 0. The predicted octanol–water partition coefficient (Wildman–Crippen LogP) is 15.6. The first-order chi connectivity index (χ1) is 29.5. The zero-order valence-electron chi connectivity index (χ0n) is 38.4. The second kappa shape index (κ2) is 47.7. The topological polar surface area (TPSA) is 78.9 Å².